The minimum absolute atomic E-state index is 0.105. The molecule has 2 aliphatic rings. The average Bonchev–Trinajstić information content (AvgIpc) is 3.26. The Kier molecular flexibility index (Phi) is 3.64. The first-order chi connectivity index (χ1) is 14.1. The highest BCUT2D eigenvalue weighted by Crippen LogP contribution is 2.60. The van der Waals surface area contributed by atoms with Gasteiger partial charge in [0.05, 0.1) is 0 Å². The van der Waals surface area contributed by atoms with Crippen molar-refractivity contribution in [1.29, 1.82) is 0 Å². The van der Waals surface area contributed by atoms with Crippen LogP contribution in [0.4, 0.5) is 0 Å². The van der Waals surface area contributed by atoms with Crippen molar-refractivity contribution in [2.75, 3.05) is 0 Å². The Bertz CT molecular complexity index is 1280. The van der Waals surface area contributed by atoms with E-state index >= 15 is 0 Å². The molecule has 0 N–H and O–H groups in total. The van der Waals surface area contributed by atoms with Gasteiger partial charge >= 0.3 is 0 Å². The Labute approximate surface area is 176 Å². The topological polar surface area (TPSA) is 4.93 Å². The van der Waals surface area contributed by atoms with E-state index in [0.29, 0.717) is 5.92 Å². The van der Waals surface area contributed by atoms with E-state index in [1.165, 1.54) is 43.8 Å². The van der Waals surface area contributed by atoms with E-state index in [9.17, 15) is 0 Å². The first-order valence-electron chi connectivity index (χ1n) is 10.3. The summed E-state index contributed by atoms with van der Waals surface area (Å²) in [5.41, 5.74) is 8.50. The zero-order valence-electron chi connectivity index (χ0n) is 16.7. The molecule has 0 saturated heterocycles. The molecule has 0 bridgehead atoms. The Morgan fingerprint density at radius 2 is 1.59 bits per heavy atom. The van der Waals surface area contributed by atoms with Gasteiger partial charge in [-0.25, -0.2) is 0 Å². The fourth-order valence-electron chi connectivity index (χ4n) is 5.21. The first-order valence-corrected chi connectivity index (χ1v) is 11.1. The number of thioether (sulfide) groups is 1. The molecule has 0 saturated carbocycles. The van der Waals surface area contributed by atoms with Crippen LogP contribution in [0, 0.1) is 0 Å². The van der Waals surface area contributed by atoms with Crippen LogP contribution in [0.5, 0.6) is 0 Å². The number of allylic oxidation sites excluding steroid dienone is 1. The number of hydrogen-bond donors (Lipinski definition) is 0. The molecular weight excluding hydrogens is 370 g/mol. The van der Waals surface area contributed by atoms with E-state index < -0.39 is 0 Å². The molecule has 6 rings (SSSR count). The second kappa shape index (κ2) is 6.14. The number of para-hydroxylation sites is 1. The SMILES string of the molecule is CC1(C)Sc2ccccc2C2=Cc3c(n(Cc4ccccc4)c4ccccc34)C21. The number of rotatable bonds is 2. The molecule has 2 heteroatoms. The predicted molar refractivity (Wildman–Crippen MR) is 124 cm³/mol. The fourth-order valence-corrected chi connectivity index (χ4v) is 6.57. The standard InChI is InChI=1S/C27H23NS/c1-27(2)25-21(20-13-7-9-15-24(20)29-27)16-22-19-12-6-8-14-23(19)28(26(22)25)17-18-10-4-3-5-11-18/h3-16,25H,17H2,1-2H3. The minimum atomic E-state index is 0.105. The summed E-state index contributed by atoms with van der Waals surface area (Å²) >= 11 is 2.02. The van der Waals surface area contributed by atoms with Crippen LogP contribution in [-0.4, -0.2) is 9.31 Å². The highest BCUT2D eigenvalue weighted by molar-refractivity contribution is 8.00. The van der Waals surface area contributed by atoms with E-state index in [4.69, 9.17) is 0 Å². The zero-order chi connectivity index (χ0) is 19.6. The van der Waals surface area contributed by atoms with Gasteiger partial charge in [0.15, 0.2) is 0 Å². The Morgan fingerprint density at radius 3 is 2.45 bits per heavy atom. The summed E-state index contributed by atoms with van der Waals surface area (Å²) in [5, 5.41) is 1.37. The van der Waals surface area contributed by atoms with Crippen molar-refractivity contribution < 1.29 is 0 Å². The second-order valence-corrected chi connectivity index (χ2v) is 10.3. The van der Waals surface area contributed by atoms with Crippen LogP contribution in [0.3, 0.4) is 0 Å². The van der Waals surface area contributed by atoms with Gasteiger partial charge in [0.1, 0.15) is 0 Å². The van der Waals surface area contributed by atoms with Gasteiger partial charge < -0.3 is 4.57 Å². The van der Waals surface area contributed by atoms with Gasteiger partial charge in [0, 0.05) is 44.3 Å². The van der Waals surface area contributed by atoms with Crippen molar-refractivity contribution in [1.82, 2.24) is 4.57 Å². The summed E-state index contributed by atoms with van der Waals surface area (Å²) in [5.74, 6) is 0.397. The second-order valence-electron chi connectivity index (χ2n) is 8.62. The molecule has 4 aromatic rings. The zero-order valence-corrected chi connectivity index (χ0v) is 17.5. The van der Waals surface area contributed by atoms with Gasteiger partial charge in [-0.3, -0.25) is 0 Å². The molecule has 0 amide bonds. The van der Waals surface area contributed by atoms with Gasteiger partial charge in [-0.15, -0.1) is 11.8 Å². The number of hydrogen-bond acceptors (Lipinski definition) is 1. The van der Waals surface area contributed by atoms with E-state index in [1.54, 1.807) is 0 Å². The number of nitrogens with zero attached hydrogens (tertiary/aromatic N) is 1. The Morgan fingerprint density at radius 1 is 0.862 bits per heavy atom. The van der Waals surface area contributed by atoms with Gasteiger partial charge in [-0.05, 0) is 48.8 Å². The van der Waals surface area contributed by atoms with Crippen molar-refractivity contribution in [3.05, 3.63) is 101 Å². The van der Waals surface area contributed by atoms with Crippen LogP contribution in [0.1, 0.15) is 42.1 Å². The molecule has 29 heavy (non-hydrogen) atoms. The highest BCUT2D eigenvalue weighted by atomic mass is 32.2. The van der Waals surface area contributed by atoms with Crippen LogP contribution in [0.2, 0.25) is 0 Å². The smallest absolute Gasteiger partial charge is 0.0492 e. The molecule has 0 radical (unpaired) electrons. The third-order valence-electron chi connectivity index (χ3n) is 6.39. The third kappa shape index (κ3) is 2.49. The van der Waals surface area contributed by atoms with Crippen LogP contribution >= 0.6 is 11.8 Å². The monoisotopic (exact) mass is 393 g/mol. The molecule has 142 valence electrons. The quantitative estimate of drug-likeness (QED) is 0.348. The van der Waals surface area contributed by atoms with Gasteiger partial charge in [0.25, 0.3) is 0 Å². The normalized spacial score (nSPS) is 18.8. The maximum absolute atomic E-state index is 2.57. The molecule has 1 aliphatic carbocycles. The Hall–Kier alpha value is -2.71. The molecular formula is C27H23NS. The van der Waals surface area contributed by atoms with Crippen molar-refractivity contribution in [2.24, 2.45) is 0 Å². The van der Waals surface area contributed by atoms with Crippen LogP contribution in [0.25, 0.3) is 22.6 Å². The van der Waals surface area contributed by atoms with Gasteiger partial charge in [-0.1, -0.05) is 66.7 Å². The minimum Gasteiger partial charge on any atom is -0.339 e. The molecule has 3 aromatic carbocycles. The summed E-state index contributed by atoms with van der Waals surface area (Å²) in [6, 6.07) is 28.7. The lowest BCUT2D eigenvalue weighted by molar-refractivity contribution is 0.602. The largest absolute Gasteiger partial charge is 0.339 e. The summed E-state index contributed by atoms with van der Waals surface area (Å²) in [6.07, 6.45) is 2.48. The van der Waals surface area contributed by atoms with Crippen molar-refractivity contribution in [2.45, 2.75) is 36.0 Å². The average molecular weight is 394 g/mol. The Balaban J connectivity index is 1.62. The molecule has 2 heterocycles. The first kappa shape index (κ1) is 17.2. The molecule has 0 fully saturated rings. The van der Waals surface area contributed by atoms with E-state index in [0.717, 1.165) is 6.54 Å². The number of fused-ring (bicyclic) bond motifs is 7. The summed E-state index contributed by atoms with van der Waals surface area (Å²) in [7, 11) is 0. The lowest BCUT2D eigenvalue weighted by Gasteiger charge is -2.39. The van der Waals surface area contributed by atoms with Crippen molar-refractivity contribution >= 4 is 34.3 Å². The van der Waals surface area contributed by atoms with Crippen LogP contribution < -0.4 is 0 Å². The van der Waals surface area contributed by atoms with Crippen molar-refractivity contribution in [3.8, 4) is 0 Å². The third-order valence-corrected chi connectivity index (χ3v) is 7.72. The lowest BCUT2D eigenvalue weighted by Crippen LogP contribution is -2.30. The molecule has 1 nitrogen and oxygen atoms in total. The molecule has 0 spiro atoms. The van der Waals surface area contributed by atoms with Gasteiger partial charge in [-0.2, -0.15) is 0 Å². The van der Waals surface area contributed by atoms with Gasteiger partial charge in [0.2, 0.25) is 0 Å². The number of aromatic nitrogens is 1. The maximum atomic E-state index is 2.57. The van der Waals surface area contributed by atoms with E-state index in [-0.39, 0.29) is 4.75 Å². The molecule has 1 atom stereocenters. The maximum Gasteiger partial charge on any atom is 0.0492 e. The molecule has 1 unspecified atom stereocenters. The summed E-state index contributed by atoms with van der Waals surface area (Å²) in [4.78, 5) is 1.41. The number of benzene rings is 3. The molecule has 1 aromatic heterocycles. The predicted octanol–water partition coefficient (Wildman–Crippen LogP) is 7.21. The fraction of sp³-hybridized carbons (Fsp3) is 0.185. The van der Waals surface area contributed by atoms with Crippen LogP contribution in [0.15, 0.2) is 83.8 Å². The van der Waals surface area contributed by atoms with E-state index in [1.807, 2.05) is 11.8 Å². The summed E-state index contributed by atoms with van der Waals surface area (Å²) in [6.45, 7) is 5.73. The van der Waals surface area contributed by atoms with E-state index in [2.05, 4.69) is 103 Å². The summed E-state index contributed by atoms with van der Waals surface area (Å²) < 4.78 is 2.68. The highest BCUT2D eigenvalue weighted by Gasteiger charge is 2.46. The van der Waals surface area contributed by atoms with Crippen LogP contribution in [-0.2, 0) is 6.54 Å². The lowest BCUT2D eigenvalue weighted by atomic mass is 9.83. The van der Waals surface area contributed by atoms with Crippen molar-refractivity contribution in [3.63, 3.8) is 0 Å². The molecule has 1 aliphatic heterocycles.